The first-order valence-corrected chi connectivity index (χ1v) is 11.7. The average molecular weight is 561 g/mol. The first-order chi connectivity index (χ1) is 18.4. The molecular weight excluding hydrogens is 546 g/mol. The predicted molar refractivity (Wildman–Crippen MR) is 132 cm³/mol. The van der Waals surface area contributed by atoms with Crippen LogP contribution < -0.4 is 10.1 Å². The molecule has 0 spiro atoms. The van der Waals surface area contributed by atoms with Crippen molar-refractivity contribution in [3.63, 3.8) is 0 Å². The SMILES string of the molecule is O=C(CN1C(=O)SC(=Cc2ccccc2Oc2ccc(C(F)(F)F)cc2[N+](=O)[O-])C1=O)Nc1ccc(F)cc1. The van der Waals surface area contributed by atoms with Crippen LogP contribution in [-0.4, -0.2) is 33.4 Å². The van der Waals surface area contributed by atoms with Gasteiger partial charge in [0.25, 0.3) is 11.1 Å². The number of hydrogen-bond acceptors (Lipinski definition) is 7. The Morgan fingerprint density at radius 3 is 2.41 bits per heavy atom. The van der Waals surface area contributed by atoms with Crippen LogP contribution in [0.3, 0.4) is 0 Å². The van der Waals surface area contributed by atoms with Crippen molar-refractivity contribution < 1.29 is 41.6 Å². The summed E-state index contributed by atoms with van der Waals surface area (Å²) < 4.78 is 57.6. The molecule has 0 saturated carbocycles. The highest BCUT2D eigenvalue weighted by atomic mass is 32.2. The van der Waals surface area contributed by atoms with Crippen LogP contribution in [0.5, 0.6) is 11.5 Å². The Morgan fingerprint density at radius 1 is 1.05 bits per heavy atom. The number of nitro groups is 1. The van der Waals surface area contributed by atoms with E-state index < -0.39 is 57.5 Å². The maximum atomic E-state index is 13.0. The third kappa shape index (κ3) is 6.41. The van der Waals surface area contributed by atoms with Gasteiger partial charge in [-0.1, -0.05) is 18.2 Å². The Bertz CT molecular complexity index is 1510. The summed E-state index contributed by atoms with van der Waals surface area (Å²) in [6.45, 7) is -0.616. The van der Waals surface area contributed by atoms with E-state index in [0.717, 1.165) is 18.2 Å². The molecule has 1 fully saturated rings. The van der Waals surface area contributed by atoms with Crippen molar-refractivity contribution in [3.05, 3.63) is 98.7 Å². The van der Waals surface area contributed by atoms with E-state index in [0.29, 0.717) is 28.8 Å². The number of rotatable bonds is 7. The molecule has 3 aromatic rings. The van der Waals surface area contributed by atoms with E-state index in [1.165, 1.54) is 36.4 Å². The van der Waals surface area contributed by atoms with E-state index in [1.54, 1.807) is 6.07 Å². The third-order valence-corrected chi connectivity index (χ3v) is 6.12. The number of carbonyl (C=O) groups excluding carboxylic acids is 3. The molecule has 1 heterocycles. The number of alkyl halides is 3. The first-order valence-electron chi connectivity index (χ1n) is 10.9. The molecular formula is C25H15F4N3O6S. The molecule has 0 aromatic heterocycles. The summed E-state index contributed by atoms with van der Waals surface area (Å²) in [5.74, 6) is -2.53. The summed E-state index contributed by atoms with van der Waals surface area (Å²) in [6.07, 6.45) is -3.55. The third-order valence-electron chi connectivity index (χ3n) is 5.21. The molecule has 4 rings (SSSR count). The van der Waals surface area contributed by atoms with Gasteiger partial charge in [0.1, 0.15) is 18.1 Å². The second-order valence-corrected chi connectivity index (χ2v) is 8.89. The van der Waals surface area contributed by atoms with Crippen molar-refractivity contribution in [3.8, 4) is 11.5 Å². The monoisotopic (exact) mass is 561 g/mol. The summed E-state index contributed by atoms with van der Waals surface area (Å²) >= 11 is 0.535. The lowest BCUT2D eigenvalue weighted by Crippen LogP contribution is -2.36. The number of nitro benzene ring substituents is 1. The Labute approximate surface area is 221 Å². The fraction of sp³-hybridized carbons (Fsp3) is 0.0800. The molecule has 9 nitrogen and oxygen atoms in total. The highest BCUT2D eigenvalue weighted by molar-refractivity contribution is 8.18. The topological polar surface area (TPSA) is 119 Å². The highest BCUT2D eigenvalue weighted by Crippen LogP contribution is 2.40. The van der Waals surface area contributed by atoms with E-state index in [1.807, 2.05) is 0 Å². The van der Waals surface area contributed by atoms with Crippen LogP contribution in [0.1, 0.15) is 11.1 Å². The van der Waals surface area contributed by atoms with Crippen LogP contribution in [0.25, 0.3) is 6.08 Å². The van der Waals surface area contributed by atoms with Gasteiger partial charge in [-0.3, -0.25) is 29.4 Å². The standard InChI is InChI=1S/C25H15F4N3O6S/c26-16-6-8-17(9-7-16)30-22(33)13-31-23(34)21(39-24(31)35)11-14-3-1-2-4-19(14)38-20-10-5-15(25(27,28)29)12-18(20)32(36)37/h1-12H,13H2,(H,30,33). The number of nitrogens with zero attached hydrogens (tertiary/aromatic N) is 2. The Kier molecular flexibility index (Phi) is 7.67. The molecule has 0 atom stereocenters. The number of ether oxygens (including phenoxy) is 1. The molecule has 0 bridgehead atoms. The van der Waals surface area contributed by atoms with Gasteiger partial charge < -0.3 is 10.1 Å². The van der Waals surface area contributed by atoms with E-state index in [2.05, 4.69) is 5.32 Å². The predicted octanol–water partition coefficient (Wildman–Crippen LogP) is 6.22. The lowest BCUT2D eigenvalue weighted by atomic mass is 10.1. The molecule has 200 valence electrons. The second-order valence-electron chi connectivity index (χ2n) is 7.90. The fourth-order valence-corrected chi connectivity index (χ4v) is 4.22. The smallest absolute Gasteiger partial charge is 0.416 e. The van der Waals surface area contributed by atoms with Gasteiger partial charge >= 0.3 is 11.9 Å². The normalized spacial score (nSPS) is 14.6. The van der Waals surface area contributed by atoms with E-state index >= 15 is 0 Å². The summed E-state index contributed by atoms with van der Waals surface area (Å²) in [7, 11) is 0. The number of nitrogens with one attached hydrogen (secondary N) is 1. The molecule has 3 amide bonds. The minimum atomic E-state index is -4.81. The summed E-state index contributed by atoms with van der Waals surface area (Å²) in [4.78, 5) is 48.6. The van der Waals surface area contributed by atoms with Gasteiger partial charge in [0, 0.05) is 17.3 Å². The van der Waals surface area contributed by atoms with Crippen molar-refractivity contribution in [2.24, 2.45) is 0 Å². The van der Waals surface area contributed by atoms with Gasteiger partial charge in [-0.2, -0.15) is 13.2 Å². The molecule has 1 saturated heterocycles. The zero-order valence-corrected chi connectivity index (χ0v) is 20.2. The molecule has 0 radical (unpaired) electrons. The summed E-state index contributed by atoms with van der Waals surface area (Å²) in [6, 6.07) is 12.5. The van der Waals surface area contributed by atoms with Crippen molar-refractivity contribution in [1.29, 1.82) is 0 Å². The number of hydrogen-bond donors (Lipinski definition) is 1. The van der Waals surface area contributed by atoms with Crippen molar-refractivity contribution in [1.82, 2.24) is 4.90 Å². The van der Waals surface area contributed by atoms with Crippen LogP contribution in [-0.2, 0) is 15.8 Å². The van der Waals surface area contributed by atoms with Gasteiger partial charge in [-0.05, 0) is 60.3 Å². The van der Waals surface area contributed by atoms with E-state index in [-0.39, 0.29) is 21.9 Å². The van der Waals surface area contributed by atoms with E-state index in [9.17, 15) is 42.1 Å². The van der Waals surface area contributed by atoms with Gasteiger partial charge in [0.05, 0.1) is 15.4 Å². The lowest BCUT2D eigenvalue weighted by molar-refractivity contribution is -0.385. The highest BCUT2D eigenvalue weighted by Gasteiger charge is 2.37. The molecule has 1 aliphatic rings. The average Bonchev–Trinajstić information content (AvgIpc) is 3.13. The summed E-state index contributed by atoms with van der Waals surface area (Å²) in [5.41, 5.74) is -1.71. The Morgan fingerprint density at radius 2 is 1.74 bits per heavy atom. The number of imide groups is 1. The van der Waals surface area contributed by atoms with E-state index in [4.69, 9.17) is 4.74 Å². The van der Waals surface area contributed by atoms with Gasteiger partial charge in [0.15, 0.2) is 0 Å². The molecule has 39 heavy (non-hydrogen) atoms. The number of benzene rings is 3. The number of para-hydroxylation sites is 1. The summed E-state index contributed by atoms with van der Waals surface area (Å²) in [5, 5.41) is 13.1. The van der Waals surface area contributed by atoms with Crippen molar-refractivity contribution >= 4 is 46.3 Å². The van der Waals surface area contributed by atoms with Crippen molar-refractivity contribution in [2.75, 3.05) is 11.9 Å². The first kappa shape index (κ1) is 27.3. The number of anilines is 1. The van der Waals surface area contributed by atoms with Gasteiger partial charge in [0.2, 0.25) is 11.7 Å². The van der Waals surface area contributed by atoms with Gasteiger partial charge in [-0.15, -0.1) is 0 Å². The Hall–Kier alpha value is -4.72. The molecule has 3 aromatic carbocycles. The molecule has 1 N–H and O–H groups in total. The zero-order valence-electron chi connectivity index (χ0n) is 19.4. The number of amides is 3. The molecule has 0 aliphatic carbocycles. The maximum Gasteiger partial charge on any atom is 0.416 e. The van der Waals surface area contributed by atoms with Crippen molar-refractivity contribution in [2.45, 2.75) is 6.18 Å². The number of carbonyl (C=O) groups is 3. The van der Waals surface area contributed by atoms with Crippen LogP contribution in [0.2, 0.25) is 0 Å². The molecule has 0 unspecified atom stereocenters. The largest absolute Gasteiger partial charge is 0.449 e. The number of halogens is 4. The quantitative estimate of drug-likeness (QED) is 0.157. The Balaban J connectivity index is 1.54. The lowest BCUT2D eigenvalue weighted by Gasteiger charge is -2.13. The molecule has 14 heteroatoms. The van der Waals surface area contributed by atoms with Crippen LogP contribution in [0.15, 0.2) is 71.6 Å². The maximum absolute atomic E-state index is 13.0. The fourth-order valence-electron chi connectivity index (χ4n) is 3.39. The van der Waals surface area contributed by atoms with Crippen LogP contribution in [0, 0.1) is 15.9 Å². The minimum absolute atomic E-state index is 0.0405. The second kappa shape index (κ2) is 10.9. The minimum Gasteiger partial charge on any atom is -0.449 e. The van der Waals surface area contributed by atoms with Crippen LogP contribution >= 0.6 is 11.8 Å². The zero-order chi connectivity index (χ0) is 28.3. The molecule has 1 aliphatic heterocycles. The van der Waals surface area contributed by atoms with Crippen LogP contribution in [0.4, 0.5) is 33.7 Å². The van der Waals surface area contributed by atoms with Gasteiger partial charge in [-0.25, -0.2) is 4.39 Å². The number of thioether (sulfide) groups is 1.